The number of benzene rings is 1. The van der Waals surface area contributed by atoms with Gasteiger partial charge in [0.15, 0.2) is 0 Å². The van der Waals surface area contributed by atoms with Crippen LogP contribution in [0.25, 0.3) is 0 Å². The molecule has 0 amide bonds. The van der Waals surface area contributed by atoms with E-state index >= 15 is 0 Å². The van der Waals surface area contributed by atoms with Crippen LogP contribution >= 0.6 is 0 Å². The maximum absolute atomic E-state index is 3.37. The second-order valence-corrected chi connectivity index (χ2v) is 2.95. The molecule has 1 fully saturated rings. The van der Waals surface area contributed by atoms with E-state index in [1.165, 1.54) is 11.4 Å². The van der Waals surface area contributed by atoms with Crippen molar-refractivity contribution in [2.24, 2.45) is 0 Å². The van der Waals surface area contributed by atoms with Crippen LogP contribution in [0, 0.1) is 0 Å². The molecule has 56 valence electrons. The summed E-state index contributed by atoms with van der Waals surface area (Å²) in [5, 5.41) is 5.54. The summed E-state index contributed by atoms with van der Waals surface area (Å²) in [7, 11) is 0. The molecule has 0 radical (unpaired) electrons. The predicted octanol–water partition coefficient (Wildman–Crippen LogP) is 0.763. The summed E-state index contributed by atoms with van der Waals surface area (Å²) < 4.78 is 0. The molecule has 0 spiro atoms. The number of anilines is 2. The Bertz CT molecular complexity index is 291. The van der Waals surface area contributed by atoms with E-state index < -0.39 is 0 Å². The van der Waals surface area contributed by atoms with Crippen molar-refractivity contribution < 1.29 is 0 Å². The molecule has 2 N–H and O–H groups in total. The zero-order valence-corrected chi connectivity index (χ0v) is 6.04. The molecule has 3 nitrogen and oxygen atoms in total. The quantitative estimate of drug-likeness (QED) is 0.567. The molecule has 0 saturated carbocycles. The number of para-hydroxylation sites is 2. The van der Waals surface area contributed by atoms with Crippen LogP contribution in [0.1, 0.15) is 0 Å². The zero-order chi connectivity index (χ0) is 7.26. The first kappa shape index (κ1) is 5.43. The smallest absolute Gasteiger partial charge is 0.114 e. The van der Waals surface area contributed by atoms with E-state index in [-0.39, 0.29) is 0 Å². The lowest BCUT2D eigenvalue weighted by atomic mass is 10.1. The molecule has 0 aromatic heterocycles. The monoisotopic (exact) mass is 147 g/mol. The van der Waals surface area contributed by atoms with Crippen LogP contribution in [0.4, 0.5) is 11.4 Å². The Morgan fingerprint density at radius 2 is 2.18 bits per heavy atom. The van der Waals surface area contributed by atoms with E-state index in [1.54, 1.807) is 0 Å². The summed E-state index contributed by atoms with van der Waals surface area (Å²) in [6.45, 7) is 1.08. The zero-order valence-electron chi connectivity index (χ0n) is 6.04. The topological polar surface area (TPSA) is 27.3 Å². The Morgan fingerprint density at radius 3 is 3.00 bits per heavy atom. The van der Waals surface area contributed by atoms with Crippen LogP contribution in [-0.4, -0.2) is 12.7 Å². The molecule has 1 unspecified atom stereocenters. The predicted molar refractivity (Wildman–Crippen MR) is 44.3 cm³/mol. The number of hydrogen-bond donors (Lipinski definition) is 2. The Hall–Kier alpha value is -1.22. The number of nitrogens with zero attached hydrogens (tertiary/aromatic N) is 1. The minimum absolute atomic E-state index is 0.463. The second-order valence-electron chi connectivity index (χ2n) is 2.95. The Kier molecular flexibility index (Phi) is 0.830. The fraction of sp³-hybridized carbons (Fsp3) is 0.250. The van der Waals surface area contributed by atoms with Gasteiger partial charge < -0.3 is 10.3 Å². The fourth-order valence-electron chi connectivity index (χ4n) is 1.62. The van der Waals surface area contributed by atoms with Gasteiger partial charge in [-0.2, -0.15) is 0 Å². The summed E-state index contributed by atoms with van der Waals surface area (Å²) in [5.41, 5.74) is 5.76. The van der Waals surface area contributed by atoms with Gasteiger partial charge in [0.25, 0.3) is 0 Å². The average molecular weight is 147 g/mol. The molecule has 4 rings (SSSR count). The first-order valence-electron chi connectivity index (χ1n) is 3.83. The molecule has 0 aliphatic carbocycles. The number of nitrogens with one attached hydrogen (secondary N) is 2. The molecule has 1 saturated heterocycles. The van der Waals surface area contributed by atoms with Crippen molar-refractivity contribution in [3.63, 3.8) is 0 Å². The van der Waals surface area contributed by atoms with Gasteiger partial charge in [0.2, 0.25) is 0 Å². The lowest BCUT2D eigenvalue weighted by Crippen LogP contribution is -2.68. The van der Waals surface area contributed by atoms with Gasteiger partial charge >= 0.3 is 0 Å². The van der Waals surface area contributed by atoms with Crippen molar-refractivity contribution in [2.75, 3.05) is 16.9 Å². The van der Waals surface area contributed by atoms with Crippen molar-refractivity contribution in [2.45, 2.75) is 6.17 Å². The summed E-state index contributed by atoms with van der Waals surface area (Å²) >= 11 is 0. The molecule has 1 aromatic carbocycles. The maximum atomic E-state index is 3.37. The third-order valence-electron chi connectivity index (χ3n) is 2.20. The summed E-state index contributed by atoms with van der Waals surface area (Å²) in [6.07, 6.45) is 0.463. The molecule has 3 heteroatoms. The molecule has 11 heavy (non-hydrogen) atoms. The van der Waals surface area contributed by atoms with Crippen LogP contribution in [0.5, 0.6) is 0 Å². The molecular formula is C8H9N3. The molecule has 3 aliphatic heterocycles. The van der Waals surface area contributed by atoms with Gasteiger partial charge in [0, 0.05) is 0 Å². The molecule has 1 aromatic rings. The lowest BCUT2D eigenvalue weighted by Gasteiger charge is -2.48. The molecule has 2 bridgehead atoms. The summed E-state index contributed by atoms with van der Waals surface area (Å²) in [6, 6.07) is 8.33. The van der Waals surface area contributed by atoms with Gasteiger partial charge in [-0.3, -0.25) is 0 Å². The molecule has 3 aliphatic rings. The van der Waals surface area contributed by atoms with Gasteiger partial charge in [-0.05, 0) is 12.1 Å². The normalized spacial score (nSPS) is 25.1. The van der Waals surface area contributed by atoms with Crippen LogP contribution in [0.15, 0.2) is 24.3 Å². The Balaban J connectivity index is 2.16. The van der Waals surface area contributed by atoms with Crippen molar-refractivity contribution in [1.29, 1.82) is 0 Å². The third kappa shape index (κ3) is 0.607. The van der Waals surface area contributed by atoms with Gasteiger partial charge in [0.1, 0.15) is 6.17 Å². The summed E-state index contributed by atoms with van der Waals surface area (Å²) in [5.74, 6) is 0. The highest BCUT2D eigenvalue weighted by Crippen LogP contribution is 2.32. The minimum Gasteiger partial charge on any atom is -0.365 e. The fourth-order valence-corrected chi connectivity index (χ4v) is 1.62. The van der Waals surface area contributed by atoms with E-state index in [9.17, 15) is 0 Å². The van der Waals surface area contributed by atoms with Crippen molar-refractivity contribution in [1.82, 2.24) is 5.43 Å². The second kappa shape index (κ2) is 1.68. The highest BCUT2D eigenvalue weighted by molar-refractivity contribution is 5.74. The first-order valence-corrected chi connectivity index (χ1v) is 3.83. The van der Waals surface area contributed by atoms with Crippen LogP contribution in [0.2, 0.25) is 0 Å². The third-order valence-corrected chi connectivity index (χ3v) is 2.20. The Morgan fingerprint density at radius 1 is 1.36 bits per heavy atom. The van der Waals surface area contributed by atoms with E-state index in [4.69, 9.17) is 0 Å². The molecule has 1 atom stereocenters. The van der Waals surface area contributed by atoms with Gasteiger partial charge in [0.05, 0.1) is 17.9 Å². The van der Waals surface area contributed by atoms with E-state index in [2.05, 4.69) is 40.0 Å². The average Bonchev–Trinajstić information content (AvgIpc) is 2.02. The van der Waals surface area contributed by atoms with Crippen molar-refractivity contribution in [3.8, 4) is 0 Å². The molecular weight excluding hydrogens is 138 g/mol. The van der Waals surface area contributed by atoms with Crippen molar-refractivity contribution >= 4 is 11.4 Å². The highest BCUT2D eigenvalue weighted by Gasteiger charge is 2.32. The van der Waals surface area contributed by atoms with Gasteiger partial charge in [-0.1, -0.05) is 12.1 Å². The number of hydrazine groups is 1. The lowest BCUT2D eigenvalue weighted by molar-refractivity contribution is 0.394. The SMILES string of the molecule is c1ccc2c(c1)NC1CN2N1. The first-order chi connectivity index (χ1) is 5.43. The van der Waals surface area contributed by atoms with Crippen LogP contribution in [-0.2, 0) is 0 Å². The van der Waals surface area contributed by atoms with Crippen LogP contribution in [0.3, 0.4) is 0 Å². The maximum Gasteiger partial charge on any atom is 0.114 e. The standard InChI is InChI=1S/C8H9N3/c1-2-4-7-6(3-1)9-8-5-11(7)10-8/h1-4,8-10H,5H2. The van der Waals surface area contributed by atoms with Crippen molar-refractivity contribution in [3.05, 3.63) is 24.3 Å². The number of hydrogen-bond acceptors (Lipinski definition) is 3. The highest BCUT2D eigenvalue weighted by atomic mass is 15.6. The summed E-state index contributed by atoms with van der Waals surface area (Å²) in [4.78, 5) is 0. The van der Waals surface area contributed by atoms with Gasteiger partial charge in [-0.25, -0.2) is 5.43 Å². The van der Waals surface area contributed by atoms with E-state index in [0.29, 0.717) is 6.17 Å². The van der Waals surface area contributed by atoms with E-state index in [0.717, 1.165) is 6.54 Å². The van der Waals surface area contributed by atoms with E-state index in [1.807, 2.05) is 0 Å². The van der Waals surface area contributed by atoms with Gasteiger partial charge in [-0.15, -0.1) is 0 Å². The minimum atomic E-state index is 0.463. The largest absolute Gasteiger partial charge is 0.365 e. The Labute approximate surface area is 65.0 Å². The number of rotatable bonds is 0. The molecule has 3 heterocycles. The van der Waals surface area contributed by atoms with Crippen LogP contribution < -0.4 is 15.8 Å².